The first-order valence-corrected chi connectivity index (χ1v) is 6.17. The lowest BCUT2D eigenvalue weighted by Crippen LogP contribution is -2.07. The van der Waals surface area contributed by atoms with Gasteiger partial charge in [-0.2, -0.15) is 4.91 Å². The molecule has 0 amide bonds. The molecule has 2 saturated carbocycles. The number of hydrogen-bond donors (Lipinski definition) is 0. The first-order chi connectivity index (χ1) is 7.33. The van der Waals surface area contributed by atoms with E-state index in [1.54, 1.807) is 0 Å². The van der Waals surface area contributed by atoms with Crippen LogP contribution in [0.15, 0.2) is 5.18 Å². The first kappa shape index (κ1) is 12.3. The van der Waals surface area contributed by atoms with Crippen molar-refractivity contribution in [2.75, 3.05) is 0 Å². The standard InChI is InChI=1S/C6H11NO.C6H10O/c8-7-6-4-2-1-3-5-6;7-6-4-2-1-3-5-6/h6H,1-5H2;1-5H2. The lowest BCUT2D eigenvalue weighted by Gasteiger charge is -2.13. The summed E-state index contributed by atoms with van der Waals surface area (Å²) in [6.07, 6.45) is 11.0. The van der Waals surface area contributed by atoms with Gasteiger partial charge in [-0.1, -0.05) is 30.9 Å². The molecule has 0 N–H and O–H groups in total. The monoisotopic (exact) mass is 211 g/mol. The van der Waals surface area contributed by atoms with E-state index in [1.165, 1.54) is 25.7 Å². The number of ketones is 1. The number of rotatable bonds is 1. The SMILES string of the molecule is O=C1CCCCC1.O=NC1CCCCC1. The van der Waals surface area contributed by atoms with Crippen molar-refractivity contribution in [3.05, 3.63) is 4.91 Å². The molecule has 0 radical (unpaired) electrons. The second kappa shape index (κ2) is 7.55. The molecule has 0 saturated heterocycles. The summed E-state index contributed by atoms with van der Waals surface area (Å²) < 4.78 is 0. The van der Waals surface area contributed by atoms with Gasteiger partial charge in [0, 0.05) is 12.8 Å². The molecule has 2 fully saturated rings. The second-order valence-electron chi connectivity index (χ2n) is 4.50. The molecular weight excluding hydrogens is 190 g/mol. The highest BCUT2D eigenvalue weighted by molar-refractivity contribution is 5.78. The summed E-state index contributed by atoms with van der Waals surface area (Å²) in [5.41, 5.74) is 0. The zero-order valence-electron chi connectivity index (χ0n) is 9.41. The predicted octanol–water partition coefficient (Wildman–Crippen LogP) is 3.61. The van der Waals surface area contributed by atoms with Crippen LogP contribution in [-0.2, 0) is 4.79 Å². The summed E-state index contributed by atoms with van der Waals surface area (Å²) in [5, 5.41) is 3.00. The van der Waals surface area contributed by atoms with Crippen molar-refractivity contribution < 1.29 is 4.79 Å². The van der Waals surface area contributed by atoms with Crippen LogP contribution < -0.4 is 0 Å². The second-order valence-corrected chi connectivity index (χ2v) is 4.50. The number of Topliss-reactive ketones (excluding diaryl/α,β-unsaturated/α-hetero) is 1. The maximum absolute atomic E-state index is 10.5. The number of carbonyl (C=O) groups excluding carboxylic acids is 1. The molecule has 0 unspecified atom stereocenters. The summed E-state index contributed by atoms with van der Waals surface area (Å²) in [6.45, 7) is 0. The smallest absolute Gasteiger partial charge is 0.132 e. The van der Waals surface area contributed by atoms with Gasteiger partial charge in [-0.3, -0.25) is 4.79 Å². The van der Waals surface area contributed by atoms with Gasteiger partial charge in [0.25, 0.3) is 0 Å². The van der Waals surface area contributed by atoms with E-state index in [-0.39, 0.29) is 6.04 Å². The fraction of sp³-hybridized carbons (Fsp3) is 0.917. The Morgan fingerprint density at radius 2 is 1.40 bits per heavy atom. The van der Waals surface area contributed by atoms with Gasteiger partial charge in [-0.15, -0.1) is 0 Å². The maximum Gasteiger partial charge on any atom is 0.132 e. The number of nitrogens with zero attached hydrogens (tertiary/aromatic N) is 1. The highest BCUT2D eigenvalue weighted by atomic mass is 16.3. The van der Waals surface area contributed by atoms with Crippen molar-refractivity contribution in [1.82, 2.24) is 0 Å². The molecule has 0 aromatic carbocycles. The molecule has 0 atom stereocenters. The first-order valence-electron chi connectivity index (χ1n) is 6.17. The molecule has 0 aromatic heterocycles. The van der Waals surface area contributed by atoms with E-state index in [9.17, 15) is 9.70 Å². The molecule has 0 bridgehead atoms. The quantitative estimate of drug-likeness (QED) is 0.622. The Kier molecular flexibility index (Phi) is 6.21. The van der Waals surface area contributed by atoms with Crippen LogP contribution in [-0.4, -0.2) is 11.8 Å². The van der Waals surface area contributed by atoms with Crippen LogP contribution in [0, 0.1) is 4.91 Å². The van der Waals surface area contributed by atoms with Gasteiger partial charge < -0.3 is 0 Å². The highest BCUT2D eigenvalue weighted by Gasteiger charge is 2.11. The van der Waals surface area contributed by atoms with E-state index in [0.717, 1.165) is 38.5 Å². The van der Waals surface area contributed by atoms with E-state index < -0.39 is 0 Å². The number of carbonyl (C=O) groups is 1. The minimum Gasteiger partial charge on any atom is -0.300 e. The molecule has 3 nitrogen and oxygen atoms in total. The molecular formula is C12H21NO2. The van der Waals surface area contributed by atoms with Crippen LogP contribution in [0.5, 0.6) is 0 Å². The predicted molar refractivity (Wildman–Crippen MR) is 60.8 cm³/mol. The van der Waals surface area contributed by atoms with E-state index in [4.69, 9.17) is 0 Å². The summed E-state index contributed by atoms with van der Waals surface area (Å²) in [7, 11) is 0. The molecule has 0 aromatic rings. The zero-order chi connectivity index (χ0) is 10.9. The minimum atomic E-state index is 0.156. The van der Waals surface area contributed by atoms with Gasteiger partial charge >= 0.3 is 0 Å². The van der Waals surface area contributed by atoms with Crippen LogP contribution >= 0.6 is 0 Å². The fourth-order valence-electron chi connectivity index (χ4n) is 2.13. The fourth-order valence-corrected chi connectivity index (χ4v) is 2.13. The Balaban J connectivity index is 0.000000151. The molecule has 86 valence electrons. The number of hydrogen-bond acceptors (Lipinski definition) is 3. The largest absolute Gasteiger partial charge is 0.300 e. The minimum absolute atomic E-state index is 0.156. The van der Waals surface area contributed by atoms with Gasteiger partial charge in [0.2, 0.25) is 0 Å². The maximum atomic E-state index is 10.5. The van der Waals surface area contributed by atoms with Crippen LogP contribution in [0.2, 0.25) is 0 Å². The normalized spacial score (nSPS) is 22.8. The lowest BCUT2D eigenvalue weighted by atomic mass is 9.96. The molecule has 2 aliphatic rings. The Hall–Kier alpha value is -0.730. The Bertz CT molecular complexity index is 190. The molecule has 0 aliphatic heterocycles. The summed E-state index contributed by atoms with van der Waals surface area (Å²) in [4.78, 5) is 20.4. The van der Waals surface area contributed by atoms with Gasteiger partial charge in [0.05, 0.1) is 6.04 Å². The van der Waals surface area contributed by atoms with E-state index in [0.29, 0.717) is 5.78 Å². The van der Waals surface area contributed by atoms with Gasteiger partial charge in [-0.05, 0) is 25.7 Å². The van der Waals surface area contributed by atoms with Crippen molar-refractivity contribution in [3.63, 3.8) is 0 Å². The van der Waals surface area contributed by atoms with Crippen molar-refractivity contribution in [2.24, 2.45) is 5.18 Å². The molecule has 2 rings (SSSR count). The summed E-state index contributed by atoms with van der Waals surface area (Å²) in [5.74, 6) is 0.464. The summed E-state index contributed by atoms with van der Waals surface area (Å²) >= 11 is 0. The van der Waals surface area contributed by atoms with E-state index >= 15 is 0 Å². The van der Waals surface area contributed by atoms with E-state index in [2.05, 4.69) is 5.18 Å². The molecule has 15 heavy (non-hydrogen) atoms. The average Bonchev–Trinajstić information content (AvgIpc) is 2.32. The molecule has 0 heterocycles. The molecule has 2 aliphatic carbocycles. The Labute approximate surface area is 91.6 Å². The topological polar surface area (TPSA) is 46.5 Å². The number of nitroso groups, excluding NO2 is 1. The third-order valence-corrected chi connectivity index (χ3v) is 3.13. The van der Waals surface area contributed by atoms with Crippen molar-refractivity contribution in [2.45, 2.75) is 70.3 Å². The lowest BCUT2D eigenvalue weighted by molar-refractivity contribution is -0.120. The Morgan fingerprint density at radius 1 is 0.867 bits per heavy atom. The third kappa shape index (κ3) is 5.65. The third-order valence-electron chi connectivity index (χ3n) is 3.13. The molecule has 0 spiro atoms. The van der Waals surface area contributed by atoms with Crippen LogP contribution in [0.25, 0.3) is 0 Å². The zero-order valence-corrected chi connectivity index (χ0v) is 9.41. The van der Waals surface area contributed by atoms with Crippen LogP contribution in [0.4, 0.5) is 0 Å². The van der Waals surface area contributed by atoms with Gasteiger partial charge in [0.15, 0.2) is 0 Å². The summed E-state index contributed by atoms with van der Waals surface area (Å²) in [6, 6.07) is 0.156. The molecule has 3 heteroatoms. The Morgan fingerprint density at radius 3 is 1.73 bits per heavy atom. The van der Waals surface area contributed by atoms with Crippen LogP contribution in [0.3, 0.4) is 0 Å². The average molecular weight is 211 g/mol. The van der Waals surface area contributed by atoms with Crippen molar-refractivity contribution in [1.29, 1.82) is 0 Å². The van der Waals surface area contributed by atoms with Gasteiger partial charge in [0.1, 0.15) is 5.78 Å². The highest BCUT2D eigenvalue weighted by Crippen LogP contribution is 2.19. The van der Waals surface area contributed by atoms with Crippen molar-refractivity contribution >= 4 is 5.78 Å². The van der Waals surface area contributed by atoms with Gasteiger partial charge in [-0.25, -0.2) is 0 Å². The van der Waals surface area contributed by atoms with E-state index in [1.807, 2.05) is 0 Å². The van der Waals surface area contributed by atoms with Crippen LogP contribution in [0.1, 0.15) is 64.2 Å². The van der Waals surface area contributed by atoms with Crippen molar-refractivity contribution in [3.8, 4) is 0 Å².